The molecule has 0 saturated carbocycles. The molecule has 3 rings (SSSR count). The summed E-state index contributed by atoms with van der Waals surface area (Å²) in [5.74, 6) is 0.924. The van der Waals surface area contributed by atoms with Gasteiger partial charge in [-0.2, -0.15) is 0 Å². The van der Waals surface area contributed by atoms with Gasteiger partial charge in [0.2, 0.25) is 0 Å². The minimum absolute atomic E-state index is 0.509. The van der Waals surface area contributed by atoms with E-state index in [-0.39, 0.29) is 0 Å². The molecule has 0 unspecified atom stereocenters. The zero-order chi connectivity index (χ0) is 13.1. The number of anilines is 1. The summed E-state index contributed by atoms with van der Waals surface area (Å²) in [4.78, 5) is 10.8. The number of nitrogens with one attached hydrogen (secondary N) is 1. The van der Waals surface area contributed by atoms with Gasteiger partial charge in [-0.05, 0) is 5.56 Å². The highest BCUT2D eigenvalue weighted by atomic mass is 35.5. The summed E-state index contributed by atoms with van der Waals surface area (Å²) >= 11 is 6.29. The van der Waals surface area contributed by atoms with Gasteiger partial charge in [0.05, 0.1) is 5.56 Å². The van der Waals surface area contributed by atoms with E-state index in [2.05, 4.69) is 20.2 Å². The summed E-state index contributed by atoms with van der Waals surface area (Å²) in [6, 6.07) is 10.1. The smallest absolute Gasteiger partial charge is 0.142 e. The monoisotopic (exact) mass is 274 g/mol. The molecule has 0 aliphatic carbocycles. The van der Waals surface area contributed by atoms with Crippen molar-refractivity contribution in [3.63, 3.8) is 0 Å². The van der Waals surface area contributed by atoms with E-state index in [4.69, 9.17) is 11.6 Å². The van der Waals surface area contributed by atoms with E-state index >= 15 is 0 Å². The van der Waals surface area contributed by atoms with Gasteiger partial charge < -0.3 is 10.2 Å². The molecule has 1 aliphatic heterocycles. The summed E-state index contributed by atoms with van der Waals surface area (Å²) < 4.78 is 0. The minimum atomic E-state index is 0.509. The predicted octanol–water partition coefficient (Wildman–Crippen LogP) is 2.21. The van der Waals surface area contributed by atoms with Gasteiger partial charge in [0.15, 0.2) is 0 Å². The van der Waals surface area contributed by atoms with Gasteiger partial charge in [0.1, 0.15) is 17.3 Å². The van der Waals surface area contributed by atoms with Crippen molar-refractivity contribution in [2.75, 3.05) is 31.1 Å². The van der Waals surface area contributed by atoms with E-state index in [1.807, 2.05) is 30.3 Å². The molecule has 0 bridgehead atoms. The van der Waals surface area contributed by atoms with Gasteiger partial charge in [0, 0.05) is 26.2 Å². The molecule has 5 heteroatoms. The fourth-order valence-corrected chi connectivity index (χ4v) is 2.56. The first-order valence-electron chi connectivity index (χ1n) is 6.38. The number of rotatable bonds is 2. The van der Waals surface area contributed by atoms with Crippen LogP contribution < -0.4 is 10.2 Å². The van der Waals surface area contributed by atoms with Crippen molar-refractivity contribution < 1.29 is 0 Å². The van der Waals surface area contributed by atoms with Crippen LogP contribution in [0.25, 0.3) is 11.1 Å². The average molecular weight is 275 g/mol. The van der Waals surface area contributed by atoms with Gasteiger partial charge in [0.25, 0.3) is 0 Å². The Kier molecular flexibility index (Phi) is 3.62. The predicted molar refractivity (Wildman–Crippen MR) is 77.6 cm³/mol. The van der Waals surface area contributed by atoms with Crippen LogP contribution in [0.1, 0.15) is 0 Å². The standard InChI is InChI=1S/C14H15ClN4/c15-13-12(11-4-2-1-3-5-11)14(18-10-17-13)19-8-6-16-7-9-19/h1-5,10,16H,6-9H2. The van der Waals surface area contributed by atoms with Crippen LogP contribution in [-0.2, 0) is 0 Å². The Morgan fingerprint density at radius 3 is 2.53 bits per heavy atom. The van der Waals surface area contributed by atoms with E-state index in [9.17, 15) is 0 Å². The molecule has 1 aliphatic rings. The van der Waals surface area contributed by atoms with Crippen LogP contribution in [-0.4, -0.2) is 36.1 Å². The van der Waals surface area contributed by atoms with E-state index in [0.717, 1.165) is 43.1 Å². The molecule has 1 aromatic carbocycles. The highest BCUT2D eigenvalue weighted by Gasteiger charge is 2.19. The molecule has 19 heavy (non-hydrogen) atoms. The number of hydrogen-bond donors (Lipinski definition) is 1. The molecule has 98 valence electrons. The summed E-state index contributed by atoms with van der Waals surface area (Å²) in [5.41, 5.74) is 1.98. The number of hydrogen-bond acceptors (Lipinski definition) is 4. The van der Waals surface area contributed by atoms with E-state index in [1.54, 1.807) is 0 Å². The molecule has 1 aromatic heterocycles. The van der Waals surface area contributed by atoms with Crippen LogP contribution in [0, 0.1) is 0 Å². The van der Waals surface area contributed by atoms with E-state index < -0.39 is 0 Å². The third-order valence-electron chi connectivity index (χ3n) is 3.26. The lowest BCUT2D eigenvalue weighted by atomic mass is 10.1. The van der Waals surface area contributed by atoms with E-state index in [1.165, 1.54) is 6.33 Å². The van der Waals surface area contributed by atoms with Gasteiger partial charge in [-0.3, -0.25) is 0 Å². The van der Waals surface area contributed by atoms with Crippen molar-refractivity contribution >= 4 is 17.4 Å². The SMILES string of the molecule is Clc1ncnc(N2CCNCC2)c1-c1ccccc1. The maximum Gasteiger partial charge on any atom is 0.142 e. The maximum absolute atomic E-state index is 6.29. The molecule has 0 atom stereocenters. The number of aromatic nitrogens is 2. The first-order chi connectivity index (χ1) is 9.36. The Bertz CT molecular complexity index is 553. The van der Waals surface area contributed by atoms with Crippen LogP contribution in [0.2, 0.25) is 5.15 Å². The lowest BCUT2D eigenvalue weighted by Gasteiger charge is -2.30. The highest BCUT2D eigenvalue weighted by Crippen LogP contribution is 2.33. The van der Waals surface area contributed by atoms with Crippen LogP contribution in [0.5, 0.6) is 0 Å². The van der Waals surface area contributed by atoms with E-state index in [0.29, 0.717) is 5.15 Å². The zero-order valence-electron chi connectivity index (χ0n) is 10.5. The third-order valence-corrected chi connectivity index (χ3v) is 3.55. The summed E-state index contributed by atoms with van der Waals surface area (Å²) in [6.07, 6.45) is 1.53. The largest absolute Gasteiger partial charge is 0.353 e. The summed E-state index contributed by atoms with van der Waals surface area (Å²) in [7, 11) is 0. The Hall–Kier alpha value is -1.65. The molecule has 1 N–H and O–H groups in total. The van der Waals surface area contributed by atoms with Crippen LogP contribution in [0.3, 0.4) is 0 Å². The van der Waals surface area contributed by atoms with Gasteiger partial charge in [-0.25, -0.2) is 9.97 Å². The Balaban J connectivity index is 2.07. The van der Waals surface area contributed by atoms with Crippen LogP contribution in [0.15, 0.2) is 36.7 Å². The Labute approximate surface area is 117 Å². The van der Waals surface area contributed by atoms with Crippen molar-refractivity contribution in [1.82, 2.24) is 15.3 Å². The minimum Gasteiger partial charge on any atom is -0.353 e. The normalized spacial score (nSPS) is 15.5. The van der Waals surface area contributed by atoms with Crippen molar-refractivity contribution in [2.24, 2.45) is 0 Å². The summed E-state index contributed by atoms with van der Waals surface area (Å²) in [5, 5.41) is 3.85. The van der Waals surface area contributed by atoms with Crippen LogP contribution >= 0.6 is 11.6 Å². The second-order valence-electron chi connectivity index (χ2n) is 4.47. The molecule has 1 saturated heterocycles. The molecular weight excluding hydrogens is 260 g/mol. The Morgan fingerprint density at radius 1 is 1.05 bits per heavy atom. The fraction of sp³-hybridized carbons (Fsp3) is 0.286. The second-order valence-corrected chi connectivity index (χ2v) is 4.82. The molecule has 1 fully saturated rings. The number of halogens is 1. The number of benzene rings is 1. The second kappa shape index (κ2) is 5.55. The molecule has 2 aromatic rings. The quantitative estimate of drug-likeness (QED) is 0.853. The molecule has 4 nitrogen and oxygen atoms in total. The molecule has 0 spiro atoms. The lowest BCUT2D eigenvalue weighted by molar-refractivity contribution is 0.585. The van der Waals surface area contributed by atoms with Gasteiger partial charge in [-0.15, -0.1) is 0 Å². The van der Waals surface area contributed by atoms with Crippen molar-refractivity contribution in [3.05, 3.63) is 41.8 Å². The topological polar surface area (TPSA) is 41.1 Å². The third kappa shape index (κ3) is 2.55. The highest BCUT2D eigenvalue weighted by molar-refractivity contribution is 6.32. The number of nitrogens with zero attached hydrogens (tertiary/aromatic N) is 3. The van der Waals surface area contributed by atoms with Crippen molar-refractivity contribution in [2.45, 2.75) is 0 Å². The number of piperazine rings is 1. The first kappa shape index (κ1) is 12.4. The molecule has 2 heterocycles. The maximum atomic E-state index is 6.29. The average Bonchev–Trinajstić information content (AvgIpc) is 2.49. The molecule has 0 amide bonds. The zero-order valence-corrected chi connectivity index (χ0v) is 11.3. The van der Waals surface area contributed by atoms with Crippen LogP contribution in [0.4, 0.5) is 5.82 Å². The fourth-order valence-electron chi connectivity index (χ4n) is 2.33. The van der Waals surface area contributed by atoms with Gasteiger partial charge >= 0.3 is 0 Å². The van der Waals surface area contributed by atoms with Gasteiger partial charge in [-0.1, -0.05) is 41.9 Å². The molecular formula is C14H15ClN4. The lowest BCUT2D eigenvalue weighted by Crippen LogP contribution is -2.44. The Morgan fingerprint density at radius 2 is 1.79 bits per heavy atom. The molecule has 0 radical (unpaired) electrons. The van der Waals surface area contributed by atoms with Crippen molar-refractivity contribution in [3.8, 4) is 11.1 Å². The first-order valence-corrected chi connectivity index (χ1v) is 6.75. The summed E-state index contributed by atoms with van der Waals surface area (Å²) in [6.45, 7) is 3.81. The van der Waals surface area contributed by atoms with Crippen molar-refractivity contribution in [1.29, 1.82) is 0 Å².